The molecule has 2 aliphatic heterocycles. The van der Waals surface area contributed by atoms with Gasteiger partial charge in [-0.1, -0.05) is 79.7 Å². The van der Waals surface area contributed by atoms with Crippen LogP contribution in [-0.4, -0.2) is 54.9 Å². The fourth-order valence-corrected chi connectivity index (χ4v) is 5.36. The quantitative estimate of drug-likeness (QED) is 0.443. The number of amides is 1. The summed E-state index contributed by atoms with van der Waals surface area (Å²) in [6, 6.07) is 24.5. The summed E-state index contributed by atoms with van der Waals surface area (Å²) < 4.78 is 18.8. The molecule has 0 unspecified atom stereocenters. The first kappa shape index (κ1) is 27.5. The maximum Gasteiger partial charge on any atom is 0.217 e. The molecule has 0 aromatic heterocycles. The summed E-state index contributed by atoms with van der Waals surface area (Å²) in [5.74, 6) is 0.0946. The fraction of sp³-hybridized carbons (Fsp3) is 0.406. The number of aliphatic hydroxyl groups excluding tert-OH is 1. The number of carbonyl (C=O) groups is 1. The Bertz CT molecular complexity index is 1220. The number of hydrogen-bond donors (Lipinski definition) is 2. The van der Waals surface area contributed by atoms with Crippen molar-refractivity contribution in [2.75, 3.05) is 32.8 Å². The van der Waals surface area contributed by atoms with E-state index in [2.05, 4.69) is 59.6 Å². The summed E-state index contributed by atoms with van der Waals surface area (Å²) >= 11 is 0. The molecule has 2 N–H and O–H groups in total. The fourth-order valence-electron chi connectivity index (χ4n) is 5.36. The molecule has 2 saturated heterocycles. The van der Waals surface area contributed by atoms with Gasteiger partial charge in [-0.3, -0.25) is 9.69 Å². The molecule has 7 heteroatoms. The highest BCUT2D eigenvalue weighted by molar-refractivity contribution is 5.74. The normalized spacial score (nSPS) is 23.9. The van der Waals surface area contributed by atoms with Crippen LogP contribution in [0, 0.1) is 5.92 Å². The molecule has 0 saturated carbocycles. The molecule has 206 valence electrons. The molecule has 7 nitrogen and oxygen atoms in total. The lowest BCUT2D eigenvalue weighted by Gasteiger charge is -2.43. The zero-order valence-electron chi connectivity index (χ0n) is 22.7. The number of nitrogens with one attached hydrogen (secondary N) is 1. The first-order chi connectivity index (χ1) is 19.0. The first-order valence-corrected chi connectivity index (χ1v) is 13.7. The second kappa shape index (κ2) is 12.9. The third-order valence-electron chi connectivity index (χ3n) is 7.70. The predicted molar refractivity (Wildman–Crippen MR) is 150 cm³/mol. The number of ether oxygens (including phenoxy) is 3. The molecule has 0 aliphatic carbocycles. The number of benzene rings is 3. The smallest absolute Gasteiger partial charge is 0.217 e. The van der Waals surface area contributed by atoms with E-state index < -0.39 is 6.29 Å². The number of hydrogen-bond acceptors (Lipinski definition) is 6. The highest BCUT2D eigenvalue weighted by Gasteiger charge is 2.39. The molecule has 1 amide bonds. The van der Waals surface area contributed by atoms with E-state index >= 15 is 0 Å². The number of rotatable bonds is 8. The summed E-state index contributed by atoms with van der Waals surface area (Å²) in [7, 11) is 0. The van der Waals surface area contributed by atoms with E-state index in [0.717, 1.165) is 66.2 Å². The number of carbonyl (C=O) groups excluding carboxylic acids is 1. The van der Waals surface area contributed by atoms with Crippen LogP contribution >= 0.6 is 0 Å². The van der Waals surface area contributed by atoms with Gasteiger partial charge in [-0.15, -0.1) is 0 Å². The Balaban J connectivity index is 1.39. The number of nitrogens with zero attached hydrogens (tertiary/aromatic N) is 1. The van der Waals surface area contributed by atoms with Gasteiger partial charge < -0.3 is 24.6 Å². The maximum atomic E-state index is 11.5. The Hall–Kier alpha value is -3.07. The molecule has 5 rings (SSSR count). The third-order valence-corrected chi connectivity index (χ3v) is 7.70. The average molecular weight is 531 g/mol. The molecule has 0 spiro atoms. The number of aliphatic hydroxyl groups is 1. The van der Waals surface area contributed by atoms with Gasteiger partial charge in [0.2, 0.25) is 5.91 Å². The summed E-state index contributed by atoms with van der Waals surface area (Å²) in [5, 5.41) is 12.4. The Kier molecular flexibility index (Phi) is 9.06. The molecular formula is C32H38N2O5. The van der Waals surface area contributed by atoms with E-state index in [1.54, 1.807) is 0 Å². The third kappa shape index (κ3) is 6.75. The van der Waals surface area contributed by atoms with Crippen LogP contribution in [0.15, 0.2) is 72.8 Å². The van der Waals surface area contributed by atoms with E-state index in [9.17, 15) is 9.90 Å². The van der Waals surface area contributed by atoms with Crippen LogP contribution in [0.3, 0.4) is 0 Å². The van der Waals surface area contributed by atoms with Gasteiger partial charge in [0.1, 0.15) is 0 Å². The van der Waals surface area contributed by atoms with Gasteiger partial charge in [0.15, 0.2) is 6.29 Å². The Morgan fingerprint density at radius 2 is 1.64 bits per heavy atom. The SMILES string of the molecule is CC(=O)NCc1ccccc1-c1ccc([C@@H]2O[C@H](CN3CCOCC3)[C@H](C)[C@H](c3ccc(CO)cc3)O2)cc1. The Labute approximate surface area is 230 Å². The van der Waals surface area contributed by atoms with Crippen molar-refractivity contribution in [2.24, 2.45) is 5.92 Å². The second-order valence-corrected chi connectivity index (χ2v) is 10.4. The minimum absolute atomic E-state index is 0.0116. The maximum absolute atomic E-state index is 11.5. The lowest BCUT2D eigenvalue weighted by molar-refractivity contribution is -0.277. The lowest BCUT2D eigenvalue weighted by Crippen LogP contribution is -2.47. The number of morpholine rings is 1. The van der Waals surface area contributed by atoms with Gasteiger partial charge in [-0.2, -0.15) is 0 Å². The van der Waals surface area contributed by atoms with Crippen molar-refractivity contribution in [3.8, 4) is 11.1 Å². The van der Waals surface area contributed by atoms with E-state index in [1.165, 1.54) is 6.92 Å². The largest absolute Gasteiger partial charge is 0.392 e. The molecule has 3 aromatic carbocycles. The summed E-state index contributed by atoms with van der Waals surface area (Å²) in [6.45, 7) is 8.36. The van der Waals surface area contributed by atoms with Crippen molar-refractivity contribution < 1.29 is 24.1 Å². The molecule has 2 heterocycles. The zero-order chi connectivity index (χ0) is 27.2. The molecular weight excluding hydrogens is 492 g/mol. The summed E-state index contributed by atoms with van der Waals surface area (Å²) in [5.41, 5.74) is 6.16. The summed E-state index contributed by atoms with van der Waals surface area (Å²) in [4.78, 5) is 13.9. The zero-order valence-corrected chi connectivity index (χ0v) is 22.7. The van der Waals surface area contributed by atoms with Crippen molar-refractivity contribution in [1.82, 2.24) is 10.2 Å². The van der Waals surface area contributed by atoms with Crippen LogP contribution in [0.25, 0.3) is 11.1 Å². The Morgan fingerprint density at radius 3 is 2.33 bits per heavy atom. The molecule has 4 atom stereocenters. The van der Waals surface area contributed by atoms with Crippen LogP contribution in [0.4, 0.5) is 0 Å². The average Bonchev–Trinajstić information content (AvgIpc) is 2.98. The van der Waals surface area contributed by atoms with E-state index in [-0.39, 0.29) is 30.6 Å². The lowest BCUT2D eigenvalue weighted by atomic mass is 9.90. The van der Waals surface area contributed by atoms with Gasteiger partial charge in [0.25, 0.3) is 0 Å². The minimum Gasteiger partial charge on any atom is -0.392 e. The minimum atomic E-state index is -0.501. The molecule has 0 radical (unpaired) electrons. The van der Waals surface area contributed by atoms with Gasteiger partial charge in [-0.05, 0) is 27.8 Å². The highest BCUT2D eigenvalue weighted by Crippen LogP contribution is 2.42. The molecule has 0 bridgehead atoms. The Morgan fingerprint density at radius 1 is 0.949 bits per heavy atom. The van der Waals surface area contributed by atoms with Crippen molar-refractivity contribution >= 4 is 5.91 Å². The van der Waals surface area contributed by atoms with Crippen LogP contribution in [0.5, 0.6) is 0 Å². The predicted octanol–water partition coefficient (Wildman–Crippen LogP) is 4.61. The van der Waals surface area contributed by atoms with Crippen molar-refractivity contribution in [1.29, 1.82) is 0 Å². The van der Waals surface area contributed by atoms with Crippen LogP contribution in [0.2, 0.25) is 0 Å². The van der Waals surface area contributed by atoms with Crippen molar-refractivity contribution in [3.05, 3.63) is 95.1 Å². The van der Waals surface area contributed by atoms with E-state index in [0.29, 0.717) is 6.54 Å². The van der Waals surface area contributed by atoms with Gasteiger partial charge in [-0.25, -0.2) is 0 Å². The topological polar surface area (TPSA) is 80.3 Å². The molecule has 39 heavy (non-hydrogen) atoms. The van der Waals surface area contributed by atoms with Crippen LogP contribution in [0.1, 0.15) is 48.5 Å². The standard InChI is InChI=1S/C32H38N2O5/c1-22-30(20-34-15-17-37-18-16-34)38-32(39-31(22)26-9-7-24(21-35)8-10-26)27-13-11-25(12-14-27)29-6-4-3-5-28(29)19-33-23(2)36/h3-14,22,30-32,35H,15-21H2,1-2H3,(H,33,36)/t22-,30+,31+,32+/m0/s1. The van der Waals surface area contributed by atoms with Gasteiger partial charge in [0, 0.05) is 44.6 Å². The molecule has 3 aromatic rings. The first-order valence-electron chi connectivity index (χ1n) is 13.7. The van der Waals surface area contributed by atoms with Crippen molar-refractivity contribution in [3.63, 3.8) is 0 Å². The molecule has 2 aliphatic rings. The summed E-state index contributed by atoms with van der Waals surface area (Å²) in [6.07, 6.45) is -0.651. The van der Waals surface area contributed by atoms with Crippen LogP contribution in [-0.2, 0) is 32.2 Å². The van der Waals surface area contributed by atoms with Crippen LogP contribution < -0.4 is 5.32 Å². The van der Waals surface area contributed by atoms with Gasteiger partial charge in [0.05, 0.1) is 32.0 Å². The van der Waals surface area contributed by atoms with E-state index in [1.807, 2.05) is 30.3 Å². The van der Waals surface area contributed by atoms with Crippen molar-refractivity contribution in [2.45, 2.75) is 45.5 Å². The van der Waals surface area contributed by atoms with E-state index in [4.69, 9.17) is 14.2 Å². The van der Waals surface area contributed by atoms with Gasteiger partial charge >= 0.3 is 0 Å². The monoisotopic (exact) mass is 530 g/mol. The molecule has 2 fully saturated rings. The highest BCUT2D eigenvalue weighted by atomic mass is 16.7. The second-order valence-electron chi connectivity index (χ2n) is 10.4.